The molecule has 0 aromatic rings. The van der Waals surface area contributed by atoms with E-state index in [0.717, 1.165) is 0 Å². The van der Waals surface area contributed by atoms with E-state index in [1.165, 1.54) is 0 Å². The minimum Gasteiger partial charge on any atom is -0.481 e. The van der Waals surface area contributed by atoms with Crippen LogP contribution < -0.4 is 0 Å². The van der Waals surface area contributed by atoms with Gasteiger partial charge in [0.05, 0.1) is 11.5 Å². The fourth-order valence-corrected chi connectivity index (χ4v) is 2.01. The van der Waals surface area contributed by atoms with Crippen LogP contribution in [0.15, 0.2) is 0 Å². The summed E-state index contributed by atoms with van der Waals surface area (Å²) >= 11 is 0. The molecule has 1 rings (SSSR count). The molecule has 3 nitrogen and oxygen atoms in total. The average molecular weight is 172 g/mol. The quantitative estimate of drug-likeness (QED) is 0.626. The van der Waals surface area contributed by atoms with Crippen LogP contribution in [-0.4, -0.2) is 22.3 Å². The van der Waals surface area contributed by atoms with Gasteiger partial charge in [-0.1, -0.05) is 13.8 Å². The van der Waals surface area contributed by atoms with Crippen molar-refractivity contribution in [2.45, 2.75) is 39.7 Å². The molecule has 2 atom stereocenters. The van der Waals surface area contributed by atoms with Crippen LogP contribution in [0.4, 0.5) is 0 Å². The molecule has 1 saturated carbocycles. The third-order valence-electron chi connectivity index (χ3n) is 3.36. The van der Waals surface area contributed by atoms with Crippen molar-refractivity contribution in [3.05, 3.63) is 0 Å². The second-order valence-electron chi connectivity index (χ2n) is 4.58. The van der Waals surface area contributed by atoms with Gasteiger partial charge in [0.2, 0.25) is 0 Å². The smallest absolute Gasteiger partial charge is 0.309 e. The Kier molecular flexibility index (Phi) is 1.95. The number of aliphatic carboxylic acids is 1. The predicted molar refractivity (Wildman–Crippen MR) is 44.8 cm³/mol. The van der Waals surface area contributed by atoms with Crippen molar-refractivity contribution in [3.8, 4) is 0 Å². The topological polar surface area (TPSA) is 57.5 Å². The third kappa shape index (κ3) is 1.12. The molecule has 1 fully saturated rings. The number of carbonyl (C=O) groups is 1. The van der Waals surface area contributed by atoms with Gasteiger partial charge in [0, 0.05) is 0 Å². The maximum atomic E-state index is 11.0. The highest BCUT2D eigenvalue weighted by atomic mass is 16.4. The number of hydrogen-bond donors (Lipinski definition) is 2. The van der Waals surface area contributed by atoms with Gasteiger partial charge in [-0.2, -0.15) is 0 Å². The average Bonchev–Trinajstić information content (AvgIpc) is 2.02. The highest BCUT2D eigenvalue weighted by molar-refractivity contribution is 5.75. The van der Waals surface area contributed by atoms with E-state index in [-0.39, 0.29) is 5.41 Å². The molecule has 0 aromatic carbocycles. The molecule has 1 aliphatic rings. The zero-order chi connectivity index (χ0) is 9.57. The zero-order valence-electron chi connectivity index (χ0n) is 7.79. The van der Waals surface area contributed by atoms with Crippen LogP contribution in [-0.2, 0) is 4.79 Å². The summed E-state index contributed by atoms with van der Waals surface area (Å²) in [6.07, 6.45) is 0.492. The molecule has 0 aliphatic heterocycles. The van der Waals surface area contributed by atoms with E-state index in [1.54, 1.807) is 6.92 Å². The van der Waals surface area contributed by atoms with Gasteiger partial charge >= 0.3 is 5.97 Å². The van der Waals surface area contributed by atoms with Crippen molar-refractivity contribution in [2.24, 2.45) is 10.8 Å². The molecule has 12 heavy (non-hydrogen) atoms. The van der Waals surface area contributed by atoms with E-state index in [0.29, 0.717) is 12.8 Å². The van der Waals surface area contributed by atoms with Gasteiger partial charge < -0.3 is 10.2 Å². The van der Waals surface area contributed by atoms with Crippen LogP contribution in [0.2, 0.25) is 0 Å². The normalized spacial score (nSPS) is 39.8. The van der Waals surface area contributed by atoms with E-state index in [4.69, 9.17) is 5.11 Å². The third-order valence-corrected chi connectivity index (χ3v) is 3.36. The van der Waals surface area contributed by atoms with Gasteiger partial charge in [-0.3, -0.25) is 4.79 Å². The molecule has 3 heteroatoms. The highest BCUT2D eigenvalue weighted by Gasteiger charge is 2.54. The second-order valence-corrected chi connectivity index (χ2v) is 4.58. The Morgan fingerprint density at radius 3 is 2.00 bits per heavy atom. The summed E-state index contributed by atoms with van der Waals surface area (Å²) in [5, 5.41) is 18.4. The molecule has 0 bridgehead atoms. The van der Waals surface area contributed by atoms with Gasteiger partial charge in [-0.25, -0.2) is 0 Å². The summed E-state index contributed by atoms with van der Waals surface area (Å²) in [4.78, 5) is 11.0. The van der Waals surface area contributed by atoms with Crippen molar-refractivity contribution < 1.29 is 15.0 Å². The lowest BCUT2D eigenvalue weighted by Crippen LogP contribution is -2.37. The predicted octanol–water partition coefficient (Wildman–Crippen LogP) is 1.26. The lowest BCUT2D eigenvalue weighted by molar-refractivity contribution is -0.153. The molecule has 2 unspecified atom stereocenters. The Morgan fingerprint density at radius 2 is 1.83 bits per heavy atom. The summed E-state index contributed by atoms with van der Waals surface area (Å²) in [6.45, 7) is 5.51. The number of carboxylic acids is 1. The second kappa shape index (κ2) is 2.46. The molecule has 0 aromatic heterocycles. The van der Waals surface area contributed by atoms with E-state index < -0.39 is 17.5 Å². The molecule has 2 N–H and O–H groups in total. The number of aliphatic hydroxyl groups is 1. The van der Waals surface area contributed by atoms with Crippen LogP contribution in [0.3, 0.4) is 0 Å². The summed E-state index contributed by atoms with van der Waals surface area (Å²) in [5.41, 5.74) is -1.08. The van der Waals surface area contributed by atoms with Gasteiger partial charge in [0.25, 0.3) is 0 Å². The van der Waals surface area contributed by atoms with Crippen LogP contribution in [0, 0.1) is 10.8 Å². The van der Waals surface area contributed by atoms with Gasteiger partial charge in [0.15, 0.2) is 0 Å². The summed E-state index contributed by atoms with van der Waals surface area (Å²) in [5.74, 6) is -0.802. The SMILES string of the molecule is CC1(C)CC(O)CC1(C)C(=O)O. The maximum absolute atomic E-state index is 11.0. The number of aliphatic hydroxyl groups excluding tert-OH is 1. The lowest BCUT2D eigenvalue weighted by Gasteiger charge is -2.33. The van der Waals surface area contributed by atoms with Crippen LogP contribution >= 0.6 is 0 Å². The Labute approximate surface area is 72.4 Å². The molecular weight excluding hydrogens is 156 g/mol. The van der Waals surface area contributed by atoms with Gasteiger partial charge in [0.1, 0.15) is 0 Å². The summed E-state index contributed by atoms with van der Waals surface area (Å²) < 4.78 is 0. The molecule has 0 heterocycles. The summed E-state index contributed by atoms with van der Waals surface area (Å²) in [7, 11) is 0. The zero-order valence-corrected chi connectivity index (χ0v) is 7.79. The Bertz CT molecular complexity index is 210. The number of carboxylic acid groups (broad SMARTS) is 1. The van der Waals surface area contributed by atoms with Crippen molar-refractivity contribution in [1.82, 2.24) is 0 Å². The van der Waals surface area contributed by atoms with Crippen LogP contribution in [0.25, 0.3) is 0 Å². The number of rotatable bonds is 1. The first-order chi connectivity index (χ1) is 5.29. The first-order valence-corrected chi connectivity index (χ1v) is 4.21. The molecule has 0 amide bonds. The van der Waals surface area contributed by atoms with Crippen LogP contribution in [0.1, 0.15) is 33.6 Å². The van der Waals surface area contributed by atoms with Crippen molar-refractivity contribution in [3.63, 3.8) is 0 Å². The Balaban J connectivity index is 2.98. The fourth-order valence-electron chi connectivity index (χ4n) is 2.01. The molecule has 0 spiro atoms. The molecule has 0 radical (unpaired) electrons. The minimum atomic E-state index is -0.802. The standard InChI is InChI=1S/C9H16O3/c1-8(2)4-6(10)5-9(8,3)7(11)12/h6,10H,4-5H2,1-3H3,(H,11,12). The largest absolute Gasteiger partial charge is 0.481 e. The van der Waals surface area contributed by atoms with Crippen molar-refractivity contribution in [2.75, 3.05) is 0 Å². The van der Waals surface area contributed by atoms with Gasteiger partial charge in [-0.05, 0) is 25.2 Å². The highest BCUT2D eigenvalue weighted by Crippen LogP contribution is 2.52. The van der Waals surface area contributed by atoms with Gasteiger partial charge in [-0.15, -0.1) is 0 Å². The molecule has 0 saturated heterocycles. The first kappa shape index (κ1) is 9.52. The Hall–Kier alpha value is -0.570. The maximum Gasteiger partial charge on any atom is 0.309 e. The van der Waals surface area contributed by atoms with E-state index in [1.807, 2.05) is 13.8 Å². The van der Waals surface area contributed by atoms with E-state index in [2.05, 4.69) is 0 Å². The number of hydrogen-bond acceptors (Lipinski definition) is 2. The first-order valence-electron chi connectivity index (χ1n) is 4.21. The lowest BCUT2D eigenvalue weighted by atomic mass is 9.69. The minimum absolute atomic E-state index is 0.307. The molecule has 70 valence electrons. The van der Waals surface area contributed by atoms with Crippen LogP contribution in [0.5, 0.6) is 0 Å². The molecular formula is C9H16O3. The van der Waals surface area contributed by atoms with E-state index >= 15 is 0 Å². The Morgan fingerprint density at radius 1 is 1.33 bits per heavy atom. The van der Waals surface area contributed by atoms with E-state index in [9.17, 15) is 9.90 Å². The van der Waals surface area contributed by atoms with Crippen molar-refractivity contribution in [1.29, 1.82) is 0 Å². The van der Waals surface area contributed by atoms with Crippen molar-refractivity contribution >= 4 is 5.97 Å². The molecule has 1 aliphatic carbocycles. The fraction of sp³-hybridized carbons (Fsp3) is 0.889. The monoisotopic (exact) mass is 172 g/mol. The summed E-state index contributed by atoms with van der Waals surface area (Å²) in [6, 6.07) is 0.